The summed E-state index contributed by atoms with van der Waals surface area (Å²) in [6, 6.07) is 7.91. The highest BCUT2D eigenvalue weighted by Crippen LogP contribution is 2.26. The van der Waals surface area contributed by atoms with Crippen molar-refractivity contribution in [3.8, 4) is 5.75 Å². The van der Waals surface area contributed by atoms with Gasteiger partial charge >= 0.3 is 0 Å². The first-order chi connectivity index (χ1) is 10.2. The van der Waals surface area contributed by atoms with E-state index in [0.29, 0.717) is 5.95 Å². The lowest BCUT2D eigenvalue weighted by Gasteiger charge is -2.21. The summed E-state index contributed by atoms with van der Waals surface area (Å²) in [6.45, 7) is 5.00. The van der Waals surface area contributed by atoms with Crippen LogP contribution in [0.15, 0.2) is 30.5 Å². The minimum Gasteiger partial charge on any atom is -0.497 e. The van der Waals surface area contributed by atoms with Crippen LogP contribution in [0.1, 0.15) is 18.9 Å². The average molecular weight is 286 g/mol. The Kier molecular flexibility index (Phi) is 4.98. The van der Waals surface area contributed by atoms with Gasteiger partial charge in [-0.05, 0) is 37.6 Å². The summed E-state index contributed by atoms with van der Waals surface area (Å²) < 4.78 is 5.19. The minimum atomic E-state index is 0.665. The molecule has 0 amide bonds. The van der Waals surface area contributed by atoms with Crippen LogP contribution in [0.3, 0.4) is 0 Å². The van der Waals surface area contributed by atoms with Gasteiger partial charge in [-0.3, -0.25) is 0 Å². The zero-order valence-corrected chi connectivity index (χ0v) is 13.1. The van der Waals surface area contributed by atoms with E-state index in [-0.39, 0.29) is 0 Å². The van der Waals surface area contributed by atoms with Gasteiger partial charge in [0.15, 0.2) is 0 Å². The molecule has 5 nitrogen and oxygen atoms in total. The molecular formula is C16H22N4O. The van der Waals surface area contributed by atoms with Crippen molar-refractivity contribution < 1.29 is 4.74 Å². The molecule has 1 aromatic heterocycles. The van der Waals surface area contributed by atoms with Crippen LogP contribution in [0.2, 0.25) is 0 Å². The van der Waals surface area contributed by atoms with Gasteiger partial charge in [-0.25, -0.2) is 4.98 Å². The van der Waals surface area contributed by atoms with E-state index in [1.807, 2.05) is 49.3 Å². The Morgan fingerprint density at radius 1 is 1.24 bits per heavy atom. The molecule has 0 spiro atoms. The molecule has 2 rings (SSSR count). The number of rotatable bonds is 6. The maximum absolute atomic E-state index is 5.19. The zero-order valence-electron chi connectivity index (χ0n) is 13.1. The summed E-state index contributed by atoms with van der Waals surface area (Å²) in [5.74, 6) is 2.41. The smallest absolute Gasteiger partial charge is 0.224 e. The summed E-state index contributed by atoms with van der Waals surface area (Å²) in [5.41, 5.74) is 2.09. The highest BCUT2D eigenvalue weighted by Gasteiger charge is 2.10. The third kappa shape index (κ3) is 3.62. The number of hydrogen-bond acceptors (Lipinski definition) is 5. The Hall–Kier alpha value is -2.30. The molecule has 0 atom stereocenters. The van der Waals surface area contributed by atoms with Crippen LogP contribution in [-0.4, -0.2) is 30.7 Å². The third-order valence-electron chi connectivity index (χ3n) is 3.26. The van der Waals surface area contributed by atoms with Crippen molar-refractivity contribution in [2.24, 2.45) is 0 Å². The third-order valence-corrected chi connectivity index (χ3v) is 3.26. The van der Waals surface area contributed by atoms with Gasteiger partial charge in [0.1, 0.15) is 11.6 Å². The summed E-state index contributed by atoms with van der Waals surface area (Å²) in [5, 5.41) is 3.22. The van der Waals surface area contributed by atoms with Gasteiger partial charge in [0, 0.05) is 31.0 Å². The number of nitrogens with one attached hydrogen (secondary N) is 1. The lowest BCUT2D eigenvalue weighted by molar-refractivity contribution is 0.415. The second kappa shape index (κ2) is 6.92. The molecule has 112 valence electrons. The van der Waals surface area contributed by atoms with Crippen molar-refractivity contribution in [3.05, 3.63) is 36.0 Å². The largest absolute Gasteiger partial charge is 0.497 e. The van der Waals surface area contributed by atoms with E-state index in [1.54, 1.807) is 7.11 Å². The van der Waals surface area contributed by atoms with Crippen molar-refractivity contribution in [2.75, 3.05) is 30.9 Å². The Morgan fingerprint density at radius 3 is 2.57 bits per heavy atom. The van der Waals surface area contributed by atoms with Crippen molar-refractivity contribution >= 4 is 17.5 Å². The Labute approximate surface area is 126 Å². The molecule has 0 aliphatic heterocycles. The molecule has 0 fully saturated rings. The number of anilines is 3. The molecular weight excluding hydrogens is 264 g/mol. The molecule has 21 heavy (non-hydrogen) atoms. The molecule has 0 bridgehead atoms. The van der Waals surface area contributed by atoms with Gasteiger partial charge in [-0.1, -0.05) is 6.92 Å². The standard InChI is InChI=1S/C16H22N4O/c1-5-10-17-16-18-11-12(2)15(19-16)20(3)13-6-8-14(21-4)9-7-13/h6-9,11H,5,10H2,1-4H3,(H,17,18,19). The predicted molar refractivity (Wildman–Crippen MR) is 86.6 cm³/mol. The molecule has 1 aromatic carbocycles. The fourth-order valence-electron chi connectivity index (χ4n) is 2.02. The molecule has 0 saturated heterocycles. The van der Waals surface area contributed by atoms with Crippen LogP contribution >= 0.6 is 0 Å². The first-order valence-corrected chi connectivity index (χ1v) is 7.11. The maximum atomic E-state index is 5.19. The van der Waals surface area contributed by atoms with Crippen molar-refractivity contribution in [1.29, 1.82) is 0 Å². The molecule has 0 aliphatic rings. The highest BCUT2D eigenvalue weighted by atomic mass is 16.5. The van der Waals surface area contributed by atoms with Gasteiger partial charge in [0.05, 0.1) is 7.11 Å². The van der Waals surface area contributed by atoms with Crippen LogP contribution in [-0.2, 0) is 0 Å². The van der Waals surface area contributed by atoms with Crippen molar-refractivity contribution in [2.45, 2.75) is 20.3 Å². The van der Waals surface area contributed by atoms with E-state index in [9.17, 15) is 0 Å². The number of nitrogens with zero attached hydrogens (tertiary/aromatic N) is 3. The predicted octanol–water partition coefficient (Wildman–Crippen LogP) is 3.38. The normalized spacial score (nSPS) is 10.3. The lowest BCUT2D eigenvalue weighted by Crippen LogP contribution is -2.15. The summed E-state index contributed by atoms with van der Waals surface area (Å²) >= 11 is 0. The number of methoxy groups -OCH3 is 1. The number of aryl methyl sites for hydroxylation is 1. The van der Waals surface area contributed by atoms with Crippen molar-refractivity contribution in [1.82, 2.24) is 9.97 Å². The highest BCUT2D eigenvalue weighted by molar-refractivity contribution is 5.63. The maximum Gasteiger partial charge on any atom is 0.224 e. The monoisotopic (exact) mass is 286 g/mol. The molecule has 5 heteroatoms. The molecule has 0 unspecified atom stereocenters. The summed E-state index contributed by atoms with van der Waals surface area (Å²) in [6.07, 6.45) is 2.89. The number of ether oxygens (including phenoxy) is 1. The lowest BCUT2D eigenvalue weighted by atomic mass is 10.2. The number of hydrogen-bond donors (Lipinski definition) is 1. The summed E-state index contributed by atoms with van der Waals surface area (Å²) in [4.78, 5) is 11.0. The minimum absolute atomic E-state index is 0.665. The van der Waals surface area contributed by atoms with Crippen LogP contribution in [0.25, 0.3) is 0 Å². The van der Waals surface area contributed by atoms with E-state index in [0.717, 1.165) is 35.8 Å². The Bertz CT molecular complexity index is 583. The Balaban J connectivity index is 2.25. The first-order valence-electron chi connectivity index (χ1n) is 7.11. The van der Waals surface area contributed by atoms with E-state index < -0.39 is 0 Å². The fourth-order valence-corrected chi connectivity index (χ4v) is 2.02. The summed E-state index contributed by atoms with van der Waals surface area (Å²) in [7, 11) is 3.67. The first kappa shape index (κ1) is 15.1. The quantitative estimate of drug-likeness (QED) is 0.882. The zero-order chi connectivity index (χ0) is 15.2. The molecule has 2 aromatic rings. The van der Waals surface area contributed by atoms with E-state index in [1.165, 1.54) is 0 Å². The molecule has 1 N–H and O–H groups in total. The van der Waals surface area contributed by atoms with Crippen LogP contribution in [0, 0.1) is 6.92 Å². The van der Waals surface area contributed by atoms with Crippen molar-refractivity contribution in [3.63, 3.8) is 0 Å². The number of benzene rings is 1. The van der Waals surface area contributed by atoms with Crippen LogP contribution in [0.4, 0.5) is 17.5 Å². The van der Waals surface area contributed by atoms with E-state index in [2.05, 4.69) is 22.2 Å². The number of aromatic nitrogens is 2. The van der Waals surface area contributed by atoms with Gasteiger partial charge in [0.2, 0.25) is 5.95 Å². The second-order valence-corrected chi connectivity index (χ2v) is 4.88. The SMILES string of the molecule is CCCNc1ncc(C)c(N(C)c2ccc(OC)cc2)n1. The second-order valence-electron chi connectivity index (χ2n) is 4.88. The average Bonchev–Trinajstić information content (AvgIpc) is 2.53. The van der Waals surface area contributed by atoms with Crippen LogP contribution < -0.4 is 15.0 Å². The van der Waals surface area contributed by atoms with E-state index in [4.69, 9.17) is 4.74 Å². The van der Waals surface area contributed by atoms with E-state index >= 15 is 0 Å². The molecule has 0 aliphatic carbocycles. The Morgan fingerprint density at radius 2 is 1.95 bits per heavy atom. The van der Waals surface area contributed by atoms with Gasteiger partial charge < -0.3 is 15.0 Å². The molecule has 1 heterocycles. The molecule has 0 saturated carbocycles. The topological polar surface area (TPSA) is 50.3 Å². The molecule has 0 radical (unpaired) electrons. The fraction of sp³-hybridized carbons (Fsp3) is 0.375. The van der Waals surface area contributed by atoms with Crippen LogP contribution in [0.5, 0.6) is 5.75 Å². The van der Waals surface area contributed by atoms with Gasteiger partial charge in [-0.2, -0.15) is 4.98 Å². The van der Waals surface area contributed by atoms with Gasteiger partial charge in [-0.15, -0.1) is 0 Å². The van der Waals surface area contributed by atoms with Gasteiger partial charge in [0.25, 0.3) is 0 Å².